The van der Waals surface area contributed by atoms with Crippen molar-refractivity contribution in [2.24, 2.45) is 5.41 Å². The van der Waals surface area contributed by atoms with E-state index in [1.165, 1.54) is 39.0 Å². The number of nitrogens with one attached hydrogen (secondary N) is 1. The van der Waals surface area contributed by atoms with Crippen LogP contribution in [0, 0.1) is 5.41 Å². The molecule has 1 aromatic heterocycles. The molecule has 0 radical (unpaired) electrons. The molecule has 3 rings (SSSR count). The van der Waals surface area contributed by atoms with Crippen LogP contribution >= 0.6 is 23.9 Å². The maximum atomic E-state index is 4.64. The standard InChI is InChI=1S/C15H27N5S.ClH/c1-3-13-17-14(21-18-13)20-8-4-7-19(9-10-20)12-15(2)5-6-16-11-15;/h16H,3-12H2,1-2H3;1H. The topological polar surface area (TPSA) is 44.3 Å². The molecule has 7 heteroatoms. The molecular formula is C15H28ClN5S. The lowest BCUT2D eigenvalue weighted by Gasteiger charge is -2.31. The fourth-order valence-corrected chi connectivity index (χ4v) is 4.18. The van der Waals surface area contributed by atoms with Crippen LogP contribution in [0.4, 0.5) is 5.13 Å². The predicted octanol–water partition coefficient (Wildman–Crippen LogP) is 2.03. The van der Waals surface area contributed by atoms with Crippen LogP contribution in [0.5, 0.6) is 0 Å². The number of hydrogen-bond donors (Lipinski definition) is 1. The van der Waals surface area contributed by atoms with Crippen molar-refractivity contribution in [3.05, 3.63) is 5.82 Å². The van der Waals surface area contributed by atoms with Crippen LogP contribution in [0.2, 0.25) is 0 Å². The zero-order valence-corrected chi connectivity index (χ0v) is 15.3. The van der Waals surface area contributed by atoms with Crippen molar-refractivity contribution < 1.29 is 0 Å². The molecule has 1 unspecified atom stereocenters. The normalized spacial score (nSPS) is 26.7. The van der Waals surface area contributed by atoms with E-state index in [4.69, 9.17) is 0 Å². The van der Waals surface area contributed by atoms with Gasteiger partial charge in [-0.05, 0) is 31.3 Å². The summed E-state index contributed by atoms with van der Waals surface area (Å²) >= 11 is 1.56. The molecule has 2 saturated heterocycles. The van der Waals surface area contributed by atoms with Crippen molar-refractivity contribution in [3.63, 3.8) is 0 Å². The first-order valence-electron chi connectivity index (χ1n) is 8.19. The maximum Gasteiger partial charge on any atom is 0.205 e. The van der Waals surface area contributed by atoms with Crippen LogP contribution in [0.3, 0.4) is 0 Å². The van der Waals surface area contributed by atoms with E-state index in [-0.39, 0.29) is 12.4 Å². The molecule has 2 fully saturated rings. The minimum absolute atomic E-state index is 0. The van der Waals surface area contributed by atoms with E-state index in [9.17, 15) is 0 Å². The molecule has 0 amide bonds. The average Bonchev–Trinajstić information content (AvgIpc) is 3.05. The maximum absolute atomic E-state index is 4.64. The van der Waals surface area contributed by atoms with Crippen LogP contribution in [0.1, 0.15) is 32.5 Å². The van der Waals surface area contributed by atoms with Crippen LogP contribution in [-0.2, 0) is 6.42 Å². The quantitative estimate of drug-likeness (QED) is 0.904. The van der Waals surface area contributed by atoms with Gasteiger partial charge in [-0.25, -0.2) is 4.98 Å². The Balaban J connectivity index is 0.00000176. The number of aromatic nitrogens is 2. The zero-order chi connectivity index (χ0) is 14.7. The van der Waals surface area contributed by atoms with E-state index in [1.807, 2.05) is 0 Å². The lowest BCUT2D eigenvalue weighted by atomic mass is 9.89. The van der Waals surface area contributed by atoms with Gasteiger partial charge in [-0.3, -0.25) is 0 Å². The van der Waals surface area contributed by atoms with Gasteiger partial charge < -0.3 is 15.1 Å². The Bertz CT molecular complexity index is 461. The zero-order valence-electron chi connectivity index (χ0n) is 13.7. The van der Waals surface area contributed by atoms with Gasteiger partial charge in [-0.2, -0.15) is 4.37 Å². The fraction of sp³-hybridized carbons (Fsp3) is 0.867. The third-order valence-corrected chi connectivity index (χ3v) is 5.51. The van der Waals surface area contributed by atoms with Crippen molar-refractivity contribution in [2.75, 3.05) is 50.7 Å². The number of halogens is 1. The smallest absolute Gasteiger partial charge is 0.205 e. The van der Waals surface area contributed by atoms with Crippen molar-refractivity contribution in [1.29, 1.82) is 0 Å². The molecule has 0 spiro atoms. The Morgan fingerprint density at radius 3 is 2.82 bits per heavy atom. The first-order valence-corrected chi connectivity index (χ1v) is 8.96. The minimum atomic E-state index is 0. The van der Waals surface area contributed by atoms with E-state index >= 15 is 0 Å². The summed E-state index contributed by atoms with van der Waals surface area (Å²) in [5.74, 6) is 0.987. The molecule has 2 aliphatic heterocycles. The summed E-state index contributed by atoms with van der Waals surface area (Å²) in [6.07, 6.45) is 3.47. The Morgan fingerprint density at radius 2 is 2.14 bits per heavy atom. The third kappa shape index (κ3) is 4.31. The molecule has 1 aromatic rings. The first kappa shape index (κ1) is 17.9. The summed E-state index contributed by atoms with van der Waals surface area (Å²) in [6.45, 7) is 12.7. The van der Waals surface area contributed by atoms with Gasteiger partial charge in [-0.1, -0.05) is 13.8 Å². The van der Waals surface area contributed by atoms with Gasteiger partial charge in [0.05, 0.1) is 0 Å². The largest absolute Gasteiger partial charge is 0.346 e. The Kier molecular flexibility index (Phi) is 6.44. The highest BCUT2D eigenvalue weighted by Gasteiger charge is 2.31. The van der Waals surface area contributed by atoms with Crippen LogP contribution in [-0.4, -0.2) is 60.1 Å². The van der Waals surface area contributed by atoms with Crippen LogP contribution in [0.25, 0.3) is 0 Å². The highest BCUT2D eigenvalue weighted by Crippen LogP contribution is 2.27. The van der Waals surface area contributed by atoms with Gasteiger partial charge in [0.1, 0.15) is 5.82 Å². The molecule has 2 aliphatic rings. The van der Waals surface area contributed by atoms with Crippen LogP contribution in [0.15, 0.2) is 0 Å². The molecular weight excluding hydrogens is 318 g/mol. The van der Waals surface area contributed by atoms with E-state index in [2.05, 4.69) is 38.3 Å². The second-order valence-electron chi connectivity index (χ2n) is 6.70. The lowest BCUT2D eigenvalue weighted by Crippen LogP contribution is -2.39. The highest BCUT2D eigenvalue weighted by molar-refractivity contribution is 7.09. The summed E-state index contributed by atoms with van der Waals surface area (Å²) in [5, 5.41) is 4.62. The molecule has 22 heavy (non-hydrogen) atoms. The van der Waals surface area contributed by atoms with E-state index in [0.29, 0.717) is 5.41 Å². The number of nitrogens with zero attached hydrogens (tertiary/aromatic N) is 4. The van der Waals surface area contributed by atoms with Gasteiger partial charge in [0.2, 0.25) is 5.13 Å². The molecule has 5 nitrogen and oxygen atoms in total. The second-order valence-corrected chi connectivity index (χ2v) is 7.43. The van der Waals surface area contributed by atoms with Crippen molar-refractivity contribution in [3.8, 4) is 0 Å². The highest BCUT2D eigenvalue weighted by atomic mass is 35.5. The third-order valence-electron chi connectivity index (χ3n) is 4.70. The number of rotatable bonds is 4. The van der Waals surface area contributed by atoms with Gasteiger partial charge in [0.25, 0.3) is 0 Å². The second kappa shape index (κ2) is 7.90. The minimum Gasteiger partial charge on any atom is -0.346 e. The lowest BCUT2D eigenvalue weighted by molar-refractivity contribution is 0.187. The van der Waals surface area contributed by atoms with E-state index < -0.39 is 0 Å². The van der Waals surface area contributed by atoms with Crippen molar-refractivity contribution in [2.45, 2.75) is 33.1 Å². The Morgan fingerprint density at radius 1 is 1.27 bits per heavy atom. The molecule has 1 N–H and O–H groups in total. The van der Waals surface area contributed by atoms with Crippen LogP contribution < -0.4 is 10.2 Å². The predicted molar refractivity (Wildman–Crippen MR) is 95.4 cm³/mol. The number of hydrogen-bond acceptors (Lipinski definition) is 6. The summed E-state index contributed by atoms with van der Waals surface area (Å²) in [7, 11) is 0. The van der Waals surface area contributed by atoms with Crippen molar-refractivity contribution >= 4 is 29.1 Å². The Labute approximate surface area is 144 Å². The first-order chi connectivity index (χ1) is 10.2. The Hall–Kier alpha value is -0.430. The molecule has 0 aromatic carbocycles. The number of aryl methyl sites for hydroxylation is 1. The van der Waals surface area contributed by atoms with E-state index in [0.717, 1.165) is 37.0 Å². The summed E-state index contributed by atoms with van der Waals surface area (Å²) in [6, 6.07) is 0. The summed E-state index contributed by atoms with van der Waals surface area (Å²) in [4.78, 5) is 9.71. The van der Waals surface area contributed by atoms with Gasteiger partial charge in [-0.15, -0.1) is 12.4 Å². The van der Waals surface area contributed by atoms with Gasteiger partial charge >= 0.3 is 0 Å². The average molecular weight is 346 g/mol. The fourth-order valence-electron chi connectivity index (χ4n) is 3.38. The molecule has 3 heterocycles. The number of anilines is 1. The van der Waals surface area contributed by atoms with E-state index in [1.54, 1.807) is 11.5 Å². The monoisotopic (exact) mass is 345 g/mol. The van der Waals surface area contributed by atoms with Crippen molar-refractivity contribution in [1.82, 2.24) is 19.6 Å². The van der Waals surface area contributed by atoms with Gasteiger partial charge in [0.15, 0.2) is 0 Å². The molecule has 126 valence electrons. The van der Waals surface area contributed by atoms with Gasteiger partial charge in [0, 0.05) is 50.7 Å². The molecule has 0 bridgehead atoms. The molecule has 0 aliphatic carbocycles. The molecule has 0 saturated carbocycles. The summed E-state index contributed by atoms with van der Waals surface area (Å²) < 4.78 is 4.42. The SMILES string of the molecule is CCc1nsc(N2CCCN(CC3(C)CCNC3)CC2)n1.Cl. The summed E-state index contributed by atoms with van der Waals surface area (Å²) in [5.41, 5.74) is 0.466. The molecule has 1 atom stereocenters.